The molecule has 0 fully saturated rings. The van der Waals surface area contributed by atoms with E-state index < -0.39 is 11.9 Å². The predicted molar refractivity (Wildman–Crippen MR) is 56.2 cm³/mol. The van der Waals surface area contributed by atoms with Crippen molar-refractivity contribution in [3.05, 3.63) is 48.0 Å². The summed E-state index contributed by atoms with van der Waals surface area (Å²) in [6, 6.07) is 9.10. The normalized spacial score (nSPS) is 9.00. The lowest BCUT2D eigenvalue weighted by Crippen LogP contribution is -1.91. The number of rotatable bonds is 3. The molecule has 0 spiro atoms. The Hall–Kier alpha value is -2.43. The summed E-state index contributed by atoms with van der Waals surface area (Å²) in [7, 11) is 0. The molecule has 0 aliphatic rings. The fraction of sp³-hybridized carbons (Fsp3) is 0. The summed E-state index contributed by atoms with van der Waals surface area (Å²) in [6.07, 6.45) is 1.95. The molecule has 0 saturated heterocycles. The van der Waals surface area contributed by atoms with Crippen molar-refractivity contribution < 1.29 is 24.6 Å². The maximum atomic E-state index is 10.0. The highest BCUT2D eigenvalue weighted by atomic mass is 16.4. The van der Waals surface area contributed by atoms with Gasteiger partial charge in [-0.15, -0.1) is 0 Å². The Morgan fingerprint density at radius 2 is 1.38 bits per heavy atom. The van der Waals surface area contributed by atoms with Gasteiger partial charge in [-0.25, -0.2) is 9.59 Å². The molecular weight excluding hydrogens is 212 g/mol. The molecule has 0 saturated carbocycles. The van der Waals surface area contributed by atoms with Crippen molar-refractivity contribution in [2.45, 2.75) is 0 Å². The van der Waals surface area contributed by atoms with Crippen LogP contribution in [0.2, 0.25) is 0 Å². The Morgan fingerprint density at radius 1 is 0.938 bits per heavy atom. The van der Waals surface area contributed by atoms with Gasteiger partial charge in [-0.2, -0.15) is 0 Å². The van der Waals surface area contributed by atoms with Crippen LogP contribution in [-0.2, 0) is 9.59 Å². The van der Waals surface area contributed by atoms with E-state index in [1.807, 2.05) is 18.2 Å². The van der Waals surface area contributed by atoms with E-state index in [0.717, 1.165) is 11.8 Å². The first-order valence-corrected chi connectivity index (χ1v) is 4.20. The first kappa shape index (κ1) is 13.6. The highest BCUT2D eigenvalue weighted by molar-refractivity contribution is 5.89. The third-order valence-corrected chi connectivity index (χ3v) is 1.30. The molecule has 1 rings (SSSR count). The van der Waals surface area contributed by atoms with Crippen LogP contribution in [0.1, 0.15) is 10.4 Å². The van der Waals surface area contributed by atoms with E-state index in [4.69, 9.17) is 10.2 Å². The number of hydrogen-bond donors (Lipinski definition) is 2. The van der Waals surface area contributed by atoms with Crippen molar-refractivity contribution in [2.24, 2.45) is 0 Å². The Morgan fingerprint density at radius 3 is 1.62 bits per heavy atom. The summed E-state index contributed by atoms with van der Waals surface area (Å²) in [4.78, 5) is 29.1. The van der Waals surface area contributed by atoms with E-state index in [9.17, 15) is 14.4 Å². The van der Waals surface area contributed by atoms with Gasteiger partial charge >= 0.3 is 11.9 Å². The molecule has 1 aromatic rings. The van der Waals surface area contributed by atoms with Crippen LogP contribution >= 0.6 is 0 Å². The summed E-state index contributed by atoms with van der Waals surface area (Å²) < 4.78 is 0. The van der Waals surface area contributed by atoms with E-state index in [2.05, 4.69) is 0 Å². The van der Waals surface area contributed by atoms with Crippen LogP contribution < -0.4 is 0 Å². The van der Waals surface area contributed by atoms with Crippen molar-refractivity contribution in [2.75, 3.05) is 0 Å². The lowest BCUT2D eigenvalue weighted by Gasteiger charge is -1.81. The average Bonchev–Trinajstić information content (AvgIpc) is 2.28. The standard InChI is InChI=1S/C7H6O.C4H4O4/c8-6-7-4-2-1-3-5-7;5-3(6)1-2-4(7)8/h1-6H;1-2H,(H,5,6)(H,7,8). The summed E-state index contributed by atoms with van der Waals surface area (Å²) in [5, 5.41) is 15.6. The van der Waals surface area contributed by atoms with Crippen LogP contribution in [0.4, 0.5) is 0 Å². The molecule has 2 N–H and O–H groups in total. The van der Waals surface area contributed by atoms with Crippen LogP contribution in [0.3, 0.4) is 0 Å². The zero-order valence-corrected chi connectivity index (χ0v) is 8.24. The number of carbonyl (C=O) groups excluding carboxylic acids is 1. The number of aldehydes is 1. The summed E-state index contributed by atoms with van der Waals surface area (Å²) in [6.45, 7) is 0. The zero-order valence-electron chi connectivity index (χ0n) is 8.24. The Labute approximate surface area is 91.6 Å². The number of carbonyl (C=O) groups is 3. The van der Waals surface area contributed by atoms with Crippen molar-refractivity contribution in [3.63, 3.8) is 0 Å². The summed E-state index contributed by atoms with van der Waals surface area (Å²) >= 11 is 0. The maximum Gasteiger partial charge on any atom is 0.328 e. The minimum Gasteiger partial charge on any atom is -0.478 e. The third kappa shape index (κ3) is 8.18. The van der Waals surface area contributed by atoms with Crippen molar-refractivity contribution in [1.29, 1.82) is 0 Å². The van der Waals surface area contributed by atoms with Gasteiger partial charge in [-0.3, -0.25) is 4.79 Å². The van der Waals surface area contributed by atoms with Gasteiger partial charge in [0.25, 0.3) is 0 Å². The van der Waals surface area contributed by atoms with Crippen molar-refractivity contribution >= 4 is 18.2 Å². The smallest absolute Gasteiger partial charge is 0.328 e. The monoisotopic (exact) mass is 222 g/mol. The molecular formula is C11H10O5. The maximum absolute atomic E-state index is 10.0. The van der Waals surface area contributed by atoms with Gasteiger partial charge in [0.2, 0.25) is 0 Å². The minimum absolute atomic E-state index is 0.558. The van der Waals surface area contributed by atoms with Crippen LogP contribution in [0, 0.1) is 0 Å². The van der Waals surface area contributed by atoms with E-state index in [1.165, 1.54) is 0 Å². The fourth-order valence-corrected chi connectivity index (χ4v) is 0.674. The Bertz CT molecular complexity index is 365. The third-order valence-electron chi connectivity index (χ3n) is 1.30. The first-order chi connectivity index (χ1) is 7.56. The number of carboxylic acid groups (broad SMARTS) is 2. The van der Waals surface area contributed by atoms with Gasteiger partial charge in [0.15, 0.2) is 0 Å². The van der Waals surface area contributed by atoms with Gasteiger partial charge in [0, 0.05) is 17.7 Å². The fourth-order valence-electron chi connectivity index (χ4n) is 0.674. The molecule has 5 heteroatoms. The molecule has 84 valence electrons. The van der Waals surface area contributed by atoms with Crippen LogP contribution in [0.25, 0.3) is 0 Å². The predicted octanol–water partition coefficient (Wildman–Crippen LogP) is 1.21. The molecule has 5 nitrogen and oxygen atoms in total. The SMILES string of the molecule is O=C(O)C=CC(=O)O.O=Cc1ccccc1. The average molecular weight is 222 g/mol. The second-order valence-corrected chi connectivity index (χ2v) is 2.54. The van der Waals surface area contributed by atoms with E-state index >= 15 is 0 Å². The van der Waals surface area contributed by atoms with Gasteiger partial charge < -0.3 is 10.2 Å². The molecule has 0 aliphatic heterocycles. The molecule has 0 heterocycles. The zero-order chi connectivity index (χ0) is 12.4. The van der Waals surface area contributed by atoms with Gasteiger partial charge in [0.05, 0.1) is 0 Å². The number of benzene rings is 1. The second-order valence-electron chi connectivity index (χ2n) is 2.54. The van der Waals surface area contributed by atoms with Crippen molar-refractivity contribution in [1.82, 2.24) is 0 Å². The number of hydrogen-bond acceptors (Lipinski definition) is 3. The number of aliphatic carboxylic acids is 2. The largest absolute Gasteiger partial charge is 0.478 e. The minimum atomic E-state index is -1.26. The molecule has 0 aromatic heterocycles. The van der Waals surface area contributed by atoms with Gasteiger partial charge in [-0.05, 0) is 0 Å². The van der Waals surface area contributed by atoms with Crippen molar-refractivity contribution in [3.8, 4) is 0 Å². The molecule has 16 heavy (non-hydrogen) atoms. The summed E-state index contributed by atoms with van der Waals surface area (Å²) in [5.41, 5.74) is 0.729. The molecule has 0 radical (unpaired) electrons. The van der Waals surface area contributed by atoms with Crippen LogP contribution in [0.15, 0.2) is 42.5 Å². The molecule has 0 atom stereocenters. The quantitative estimate of drug-likeness (QED) is 0.592. The van der Waals surface area contributed by atoms with E-state index in [-0.39, 0.29) is 0 Å². The Kier molecular flexibility index (Phi) is 6.72. The summed E-state index contributed by atoms with van der Waals surface area (Å²) in [5.74, 6) is -2.51. The highest BCUT2D eigenvalue weighted by Crippen LogP contribution is 1.91. The lowest BCUT2D eigenvalue weighted by atomic mass is 10.2. The molecule has 0 bridgehead atoms. The molecule has 0 unspecified atom stereocenters. The van der Waals surface area contributed by atoms with E-state index in [1.54, 1.807) is 12.1 Å². The highest BCUT2D eigenvalue weighted by Gasteiger charge is 1.88. The lowest BCUT2D eigenvalue weighted by molar-refractivity contribution is -0.134. The van der Waals surface area contributed by atoms with Gasteiger partial charge in [-0.1, -0.05) is 30.3 Å². The first-order valence-electron chi connectivity index (χ1n) is 4.20. The number of carboxylic acids is 2. The molecule has 0 amide bonds. The topological polar surface area (TPSA) is 91.7 Å². The van der Waals surface area contributed by atoms with Crippen LogP contribution in [-0.4, -0.2) is 28.4 Å². The van der Waals surface area contributed by atoms with E-state index in [0.29, 0.717) is 12.2 Å². The molecule has 0 aliphatic carbocycles. The van der Waals surface area contributed by atoms with Gasteiger partial charge in [0.1, 0.15) is 6.29 Å². The second kappa shape index (κ2) is 7.93. The molecule has 1 aromatic carbocycles. The Balaban J connectivity index is 0.000000281. The van der Waals surface area contributed by atoms with Crippen LogP contribution in [0.5, 0.6) is 0 Å².